The molecule has 2 aromatic carbocycles. The number of alkyl halides is 6. The number of halogens is 6. The maximum atomic E-state index is 13.4. The van der Waals surface area contributed by atoms with E-state index >= 15 is 0 Å². The van der Waals surface area contributed by atoms with Gasteiger partial charge in [0.05, 0.1) is 29.8 Å². The Balaban J connectivity index is 1.51. The molecule has 5 atom stereocenters. The summed E-state index contributed by atoms with van der Waals surface area (Å²) in [6.07, 6.45) is -5.21. The fourth-order valence-corrected chi connectivity index (χ4v) is 6.50. The molecule has 1 aromatic heterocycles. The first-order valence-electron chi connectivity index (χ1n) is 13.4. The van der Waals surface area contributed by atoms with E-state index in [0.717, 1.165) is 48.8 Å². The van der Waals surface area contributed by atoms with E-state index in [1.165, 1.54) is 0 Å². The van der Waals surface area contributed by atoms with Crippen LogP contribution in [0.25, 0.3) is 10.9 Å². The monoisotopic (exact) mass is 596 g/mol. The lowest BCUT2D eigenvalue weighted by atomic mass is 9.72. The third-order valence-electron chi connectivity index (χ3n) is 8.29. The Hall–Kier alpha value is -3.12. The lowest BCUT2D eigenvalue weighted by Gasteiger charge is -2.52. The van der Waals surface area contributed by atoms with E-state index in [-0.39, 0.29) is 17.2 Å². The molecule has 4 heterocycles. The quantitative estimate of drug-likeness (QED) is 0.228. The molecule has 3 saturated heterocycles. The Kier molecular flexibility index (Phi) is 8.08. The van der Waals surface area contributed by atoms with Crippen molar-refractivity contribution < 1.29 is 31.1 Å². The molecule has 2 bridgehead atoms. The van der Waals surface area contributed by atoms with Crippen molar-refractivity contribution in [2.45, 2.75) is 50.6 Å². The number of pyridine rings is 1. The fourth-order valence-electron chi connectivity index (χ4n) is 6.25. The summed E-state index contributed by atoms with van der Waals surface area (Å²) in [5.74, 6) is 1.72. The second-order valence-electron chi connectivity index (χ2n) is 10.7. The average Bonchev–Trinajstić information content (AvgIpc) is 2.94. The van der Waals surface area contributed by atoms with Gasteiger partial charge in [-0.3, -0.25) is 9.88 Å². The minimum atomic E-state index is -4.96. The van der Waals surface area contributed by atoms with Crippen molar-refractivity contribution in [1.82, 2.24) is 15.2 Å². The first-order valence-corrected chi connectivity index (χ1v) is 13.8. The second-order valence-corrected chi connectivity index (χ2v) is 11.1. The highest BCUT2D eigenvalue weighted by Crippen LogP contribution is 2.43. The zero-order valence-corrected chi connectivity index (χ0v) is 23.3. The van der Waals surface area contributed by atoms with Crippen molar-refractivity contribution in [1.29, 1.82) is 0 Å². The number of ether oxygens (including phenoxy) is 1. The van der Waals surface area contributed by atoms with Gasteiger partial charge in [-0.15, -0.1) is 0 Å². The third kappa shape index (κ3) is 6.23. The number of benzene rings is 2. The molecule has 220 valence electrons. The highest BCUT2D eigenvalue weighted by atomic mass is 32.1. The fraction of sp³-hybridized carbons (Fsp3) is 0.448. The number of piperidine rings is 3. The number of rotatable bonds is 6. The molecule has 0 spiro atoms. The summed E-state index contributed by atoms with van der Waals surface area (Å²) < 4.78 is 86.1. The molecule has 0 radical (unpaired) electrons. The molecule has 3 aromatic rings. The topological polar surface area (TPSA) is 49.4 Å². The summed E-state index contributed by atoms with van der Waals surface area (Å²) in [5.41, 5.74) is -1.64. The summed E-state index contributed by atoms with van der Waals surface area (Å²) in [7, 11) is 1.56. The molecule has 5 nitrogen and oxygen atoms in total. The molecule has 2 N–H and O–H groups in total. The molecule has 41 heavy (non-hydrogen) atoms. The highest BCUT2D eigenvalue weighted by Gasteiger charge is 2.43. The zero-order chi connectivity index (χ0) is 29.5. The predicted octanol–water partition coefficient (Wildman–Crippen LogP) is 7.43. The van der Waals surface area contributed by atoms with Crippen molar-refractivity contribution in [3.63, 3.8) is 0 Å². The first kappa shape index (κ1) is 29.4. The van der Waals surface area contributed by atoms with E-state index in [2.05, 4.69) is 27.4 Å². The number of anilines is 1. The van der Waals surface area contributed by atoms with Crippen molar-refractivity contribution in [2.24, 2.45) is 11.8 Å². The molecule has 3 aliphatic rings. The largest absolute Gasteiger partial charge is 0.497 e. The molecular formula is C29H30F6N4OS. The van der Waals surface area contributed by atoms with Crippen LogP contribution in [-0.2, 0) is 12.4 Å². The molecule has 6 rings (SSSR count). The number of nitrogens with one attached hydrogen (secondary N) is 2. The number of nitrogens with zero attached hydrogens (tertiary/aromatic N) is 2. The molecular weight excluding hydrogens is 566 g/mol. The summed E-state index contributed by atoms with van der Waals surface area (Å²) >= 11 is 5.51. The minimum absolute atomic E-state index is 0.000321. The number of hydrogen-bond acceptors (Lipinski definition) is 4. The number of thiocarbonyl (C=S) groups is 1. The highest BCUT2D eigenvalue weighted by molar-refractivity contribution is 7.80. The number of fused-ring (bicyclic) bond motifs is 4. The van der Waals surface area contributed by atoms with Crippen molar-refractivity contribution in [3.8, 4) is 5.75 Å². The molecule has 3 aliphatic heterocycles. The van der Waals surface area contributed by atoms with Gasteiger partial charge in [-0.1, -0.05) is 13.3 Å². The van der Waals surface area contributed by atoms with Gasteiger partial charge in [0, 0.05) is 29.9 Å². The van der Waals surface area contributed by atoms with Gasteiger partial charge in [0.25, 0.3) is 0 Å². The SMILES string of the molecule is CCC1CN2CC[C@@H]1CC2[C@@H](NC(=S)Nc1cc(C(F)(F)F)cc(C(F)(F)F)c1)c1ccnc2ccc(OC)cc12. The van der Waals surface area contributed by atoms with Crippen molar-refractivity contribution in [2.75, 3.05) is 25.5 Å². The summed E-state index contributed by atoms with van der Waals surface area (Å²) in [6, 6.07) is 8.32. The Bertz CT molecular complexity index is 1400. The van der Waals surface area contributed by atoms with Crippen LogP contribution < -0.4 is 15.4 Å². The molecule has 12 heteroatoms. The second kappa shape index (κ2) is 11.3. The normalized spacial score (nSPS) is 23.3. The lowest BCUT2D eigenvalue weighted by molar-refractivity contribution is -0.143. The van der Waals surface area contributed by atoms with Gasteiger partial charge in [0.2, 0.25) is 0 Å². The Morgan fingerprint density at radius 1 is 1.07 bits per heavy atom. The molecule has 0 aliphatic carbocycles. The smallest absolute Gasteiger partial charge is 0.416 e. The van der Waals surface area contributed by atoms with Crippen LogP contribution >= 0.6 is 12.2 Å². The Labute approximate surface area is 239 Å². The van der Waals surface area contributed by atoms with Crippen molar-refractivity contribution >= 4 is 33.9 Å². The first-order chi connectivity index (χ1) is 19.4. The summed E-state index contributed by atoms with van der Waals surface area (Å²) in [6.45, 7) is 4.00. The minimum Gasteiger partial charge on any atom is -0.497 e. The average molecular weight is 597 g/mol. The maximum absolute atomic E-state index is 13.4. The standard InChI is InChI=1S/C29H30F6N4OS/c1-3-16-15-39-9-7-17(16)10-25(39)26(22-6-8-36-24-5-4-21(40-2)14-23(22)24)38-27(41)37-20-12-18(28(30,31)32)11-19(13-20)29(33,34)35/h4-6,8,11-14,16-17,25-26H,3,7,9-10,15H2,1-2H3,(H2,37,38,41)/t16?,17-,25?,26+/m1/s1. The van der Waals surface area contributed by atoms with Crippen LogP contribution in [0.4, 0.5) is 32.0 Å². The number of hydrogen-bond donors (Lipinski definition) is 2. The van der Waals surface area contributed by atoms with Gasteiger partial charge in [0.1, 0.15) is 5.75 Å². The van der Waals surface area contributed by atoms with Gasteiger partial charge >= 0.3 is 12.4 Å². The van der Waals surface area contributed by atoms with Crippen LogP contribution in [0.1, 0.15) is 48.9 Å². The van der Waals surface area contributed by atoms with Gasteiger partial charge in [0.15, 0.2) is 5.11 Å². The summed E-state index contributed by atoms with van der Waals surface area (Å²) in [4.78, 5) is 6.88. The summed E-state index contributed by atoms with van der Waals surface area (Å²) in [5, 5.41) is 6.61. The van der Waals surface area contributed by atoms with E-state index in [1.54, 1.807) is 19.4 Å². The van der Waals surface area contributed by atoms with Crippen LogP contribution in [0, 0.1) is 11.8 Å². The van der Waals surface area contributed by atoms with Crippen LogP contribution in [0.3, 0.4) is 0 Å². The molecule has 3 fully saturated rings. The van der Waals surface area contributed by atoms with E-state index in [1.807, 2.05) is 18.2 Å². The van der Waals surface area contributed by atoms with E-state index in [9.17, 15) is 26.3 Å². The van der Waals surface area contributed by atoms with Crippen molar-refractivity contribution in [3.05, 3.63) is 65.4 Å². The van der Waals surface area contributed by atoms with Crippen LogP contribution in [0.15, 0.2) is 48.7 Å². The lowest BCUT2D eigenvalue weighted by Crippen LogP contribution is -2.58. The van der Waals surface area contributed by atoms with Gasteiger partial charge in [-0.05, 0) is 91.5 Å². The van der Waals surface area contributed by atoms with Crippen LogP contribution in [-0.4, -0.2) is 41.2 Å². The molecule has 0 amide bonds. The van der Waals surface area contributed by atoms with Crippen LogP contribution in [0.2, 0.25) is 0 Å². The van der Waals surface area contributed by atoms with Crippen LogP contribution in [0.5, 0.6) is 5.75 Å². The zero-order valence-electron chi connectivity index (χ0n) is 22.4. The Morgan fingerprint density at radius 3 is 2.37 bits per heavy atom. The van der Waals surface area contributed by atoms with E-state index < -0.39 is 35.2 Å². The molecule has 3 unspecified atom stereocenters. The third-order valence-corrected chi connectivity index (χ3v) is 8.51. The maximum Gasteiger partial charge on any atom is 0.416 e. The Morgan fingerprint density at radius 2 is 1.78 bits per heavy atom. The van der Waals surface area contributed by atoms with Gasteiger partial charge in [-0.2, -0.15) is 26.3 Å². The van der Waals surface area contributed by atoms with Gasteiger partial charge in [-0.25, -0.2) is 0 Å². The van der Waals surface area contributed by atoms with E-state index in [0.29, 0.717) is 29.7 Å². The number of methoxy groups -OCH3 is 1. The van der Waals surface area contributed by atoms with Gasteiger partial charge < -0.3 is 15.4 Å². The number of aromatic nitrogens is 1. The predicted molar refractivity (Wildman–Crippen MR) is 149 cm³/mol. The molecule has 0 saturated carbocycles. The van der Waals surface area contributed by atoms with E-state index in [4.69, 9.17) is 17.0 Å².